The quantitative estimate of drug-likeness (QED) is 0.568. The number of carbonyl (C=O) groups is 3. The molecule has 1 aromatic heterocycles. The highest BCUT2D eigenvalue weighted by atomic mass is 19.1. The standard InChI is InChI=1S/C22H24FN5O3/c1-11-18(9-16-15-8-13(23)4-5-17(15)27-20(16)29)25-12(2)19(11)21(30)26-14-6-7-28(10-14)22(31)24-3/h4-5,8-9,14,25H,6-7,10H2,1-3H3,(H,24,31)(H,26,30)(H,27,29)/b16-9-/t14-/m0/s1. The average molecular weight is 425 g/mol. The van der Waals surface area contributed by atoms with Crippen molar-refractivity contribution < 1.29 is 18.8 Å². The van der Waals surface area contributed by atoms with Crippen LogP contribution >= 0.6 is 0 Å². The van der Waals surface area contributed by atoms with Gasteiger partial charge in [0.25, 0.3) is 11.8 Å². The molecule has 1 atom stereocenters. The van der Waals surface area contributed by atoms with E-state index >= 15 is 0 Å². The smallest absolute Gasteiger partial charge is 0.317 e. The molecule has 0 saturated carbocycles. The molecule has 0 unspecified atom stereocenters. The van der Waals surface area contributed by atoms with E-state index in [0.29, 0.717) is 58.8 Å². The minimum absolute atomic E-state index is 0.129. The van der Waals surface area contributed by atoms with E-state index < -0.39 is 5.82 Å². The predicted molar refractivity (Wildman–Crippen MR) is 115 cm³/mol. The van der Waals surface area contributed by atoms with Crippen LogP contribution in [0.4, 0.5) is 14.9 Å². The number of fused-ring (bicyclic) bond motifs is 1. The van der Waals surface area contributed by atoms with Gasteiger partial charge in [-0.1, -0.05) is 0 Å². The zero-order chi connectivity index (χ0) is 22.3. The Bertz CT molecular complexity index is 1120. The van der Waals surface area contributed by atoms with Crippen LogP contribution in [0.15, 0.2) is 18.2 Å². The van der Waals surface area contributed by atoms with Crippen molar-refractivity contribution >= 4 is 35.2 Å². The third kappa shape index (κ3) is 3.78. The Kier molecular flexibility index (Phi) is 5.26. The summed E-state index contributed by atoms with van der Waals surface area (Å²) in [6, 6.07) is 3.85. The first kappa shape index (κ1) is 20.6. The number of aryl methyl sites for hydroxylation is 1. The number of aromatic amines is 1. The molecular weight excluding hydrogens is 401 g/mol. The molecule has 2 aliphatic heterocycles. The first-order valence-corrected chi connectivity index (χ1v) is 10.1. The number of benzene rings is 1. The van der Waals surface area contributed by atoms with Crippen molar-refractivity contribution in [3.8, 4) is 0 Å². The van der Waals surface area contributed by atoms with Gasteiger partial charge in [0.15, 0.2) is 0 Å². The lowest BCUT2D eigenvalue weighted by Crippen LogP contribution is -2.41. The van der Waals surface area contributed by atoms with Crippen LogP contribution in [0.1, 0.15) is 39.3 Å². The van der Waals surface area contributed by atoms with Crippen molar-refractivity contribution in [3.63, 3.8) is 0 Å². The molecule has 4 amide bonds. The monoisotopic (exact) mass is 425 g/mol. The number of anilines is 1. The van der Waals surface area contributed by atoms with E-state index in [1.807, 2.05) is 0 Å². The Hall–Kier alpha value is -3.62. The van der Waals surface area contributed by atoms with Gasteiger partial charge in [-0.05, 0) is 50.1 Å². The van der Waals surface area contributed by atoms with Crippen molar-refractivity contribution in [1.29, 1.82) is 0 Å². The van der Waals surface area contributed by atoms with Crippen LogP contribution in [-0.2, 0) is 4.79 Å². The van der Waals surface area contributed by atoms with Gasteiger partial charge in [0.05, 0.1) is 11.1 Å². The molecule has 0 aliphatic carbocycles. The molecule has 0 bridgehead atoms. The average Bonchev–Trinajstić information content (AvgIpc) is 3.39. The second-order valence-corrected chi connectivity index (χ2v) is 7.83. The number of aromatic nitrogens is 1. The first-order chi connectivity index (χ1) is 14.8. The van der Waals surface area contributed by atoms with Gasteiger partial charge < -0.3 is 25.8 Å². The molecule has 1 saturated heterocycles. The number of nitrogens with one attached hydrogen (secondary N) is 4. The number of amides is 4. The molecule has 2 aliphatic rings. The van der Waals surface area contributed by atoms with Gasteiger partial charge in [-0.3, -0.25) is 9.59 Å². The van der Waals surface area contributed by atoms with Gasteiger partial charge in [-0.25, -0.2) is 9.18 Å². The lowest BCUT2D eigenvalue weighted by Gasteiger charge is -2.16. The van der Waals surface area contributed by atoms with Gasteiger partial charge in [-0.2, -0.15) is 0 Å². The number of hydrogen-bond acceptors (Lipinski definition) is 3. The summed E-state index contributed by atoms with van der Waals surface area (Å²) in [5, 5.41) is 8.30. The Morgan fingerprint density at radius 3 is 2.81 bits per heavy atom. The molecule has 1 fully saturated rings. The molecule has 31 heavy (non-hydrogen) atoms. The number of likely N-dealkylation sites (tertiary alicyclic amines) is 1. The molecular formula is C22H24FN5O3. The largest absolute Gasteiger partial charge is 0.358 e. The van der Waals surface area contributed by atoms with Gasteiger partial charge in [0.1, 0.15) is 5.82 Å². The summed E-state index contributed by atoms with van der Waals surface area (Å²) in [4.78, 5) is 41.9. The van der Waals surface area contributed by atoms with Crippen molar-refractivity contribution in [1.82, 2.24) is 20.5 Å². The normalized spacial score (nSPS) is 18.8. The maximum Gasteiger partial charge on any atom is 0.317 e. The summed E-state index contributed by atoms with van der Waals surface area (Å²) in [5.41, 5.74) is 3.86. The number of nitrogens with zero attached hydrogens (tertiary/aromatic N) is 1. The lowest BCUT2D eigenvalue weighted by molar-refractivity contribution is -0.110. The molecule has 4 rings (SSSR count). The third-order valence-corrected chi connectivity index (χ3v) is 5.78. The van der Waals surface area contributed by atoms with E-state index in [-0.39, 0.29) is 23.9 Å². The second-order valence-electron chi connectivity index (χ2n) is 7.83. The van der Waals surface area contributed by atoms with Crippen LogP contribution in [0.25, 0.3) is 11.6 Å². The Morgan fingerprint density at radius 1 is 1.29 bits per heavy atom. The minimum Gasteiger partial charge on any atom is -0.358 e. The van der Waals surface area contributed by atoms with E-state index in [0.717, 1.165) is 0 Å². The predicted octanol–water partition coefficient (Wildman–Crippen LogP) is 2.41. The number of urea groups is 1. The zero-order valence-corrected chi connectivity index (χ0v) is 17.6. The molecule has 4 N–H and O–H groups in total. The fourth-order valence-corrected chi connectivity index (χ4v) is 4.19. The fourth-order valence-electron chi connectivity index (χ4n) is 4.19. The van der Waals surface area contributed by atoms with Crippen LogP contribution in [-0.4, -0.2) is 53.9 Å². The van der Waals surface area contributed by atoms with Crippen molar-refractivity contribution in [3.05, 3.63) is 52.1 Å². The van der Waals surface area contributed by atoms with Crippen molar-refractivity contribution in [2.45, 2.75) is 26.3 Å². The molecule has 2 aromatic rings. The van der Waals surface area contributed by atoms with Crippen molar-refractivity contribution in [2.75, 3.05) is 25.5 Å². The van der Waals surface area contributed by atoms with Crippen LogP contribution in [0.5, 0.6) is 0 Å². The minimum atomic E-state index is -0.428. The van der Waals surface area contributed by atoms with E-state index in [2.05, 4.69) is 20.9 Å². The summed E-state index contributed by atoms with van der Waals surface area (Å²) < 4.78 is 13.7. The van der Waals surface area contributed by atoms with Gasteiger partial charge in [0, 0.05) is 48.8 Å². The van der Waals surface area contributed by atoms with Crippen LogP contribution in [0, 0.1) is 19.7 Å². The third-order valence-electron chi connectivity index (χ3n) is 5.78. The summed E-state index contributed by atoms with van der Waals surface area (Å²) in [6.07, 6.45) is 2.32. The number of hydrogen-bond donors (Lipinski definition) is 4. The Labute approximate surface area is 178 Å². The topological polar surface area (TPSA) is 106 Å². The van der Waals surface area contributed by atoms with Crippen molar-refractivity contribution in [2.24, 2.45) is 0 Å². The van der Waals surface area contributed by atoms with E-state index in [4.69, 9.17) is 0 Å². The van der Waals surface area contributed by atoms with Gasteiger partial charge >= 0.3 is 6.03 Å². The second kappa shape index (κ2) is 7.90. The van der Waals surface area contributed by atoms with Gasteiger partial charge in [0.2, 0.25) is 0 Å². The van der Waals surface area contributed by atoms with Crippen LogP contribution in [0.2, 0.25) is 0 Å². The Balaban J connectivity index is 1.57. The first-order valence-electron chi connectivity index (χ1n) is 10.1. The van der Waals surface area contributed by atoms with Crippen LogP contribution < -0.4 is 16.0 Å². The summed E-state index contributed by atoms with van der Waals surface area (Å²) in [7, 11) is 1.58. The fraction of sp³-hybridized carbons (Fsp3) is 0.318. The maximum atomic E-state index is 13.7. The Morgan fingerprint density at radius 2 is 2.06 bits per heavy atom. The molecule has 1 aromatic carbocycles. The number of H-pyrrole nitrogens is 1. The SMILES string of the molecule is CNC(=O)N1CC[C@H](NC(=O)c2c(C)[nH]c(/C=C3\C(=O)Nc4ccc(F)cc43)c2C)C1. The number of halogens is 1. The molecule has 9 heteroatoms. The summed E-state index contributed by atoms with van der Waals surface area (Å²) >= 11 is 0. The highest BCUT2D eigenvalue weighted by Gasteiger charge is 2.29. The molecule has 8 nitrogen and oxygen atoms in total. The summed E-state index contributed by atoms with van der Waals surface area (Å²) in [5.74, 6) is -0.983. The highest BCUT2D eigenvalue weighted by molar-refractivity contribution is 6.34. The molecule has 162 valence electrons. The number of rotatable bonds is 3. The van der Waals surface area contributed by atoms with E-state index in [1.54, 1.807) is 31.9 Å². The number of carbonyl (C=O) groups excluding carboxylic acids is 3. The van der Waals surface area contributed by atoms with Gasteiger partial charge in [-0.15, -0.1) is 0 Å². The summed E-state index contributed by atoms with van der Waals surface area (Å²) in [6.45, 7) is 4.62. The highest BCUT2D eigenvalue weighted by Crippen LogP contribution is 2.34. The molecule has 0 radical (unpaired) electrons. The molecule has 0 spiro atoms. The van der Waals surface area contributed by atoms with E-state index in [9.17, 15) is 18.8 Å². The molecule has 3 heterocycles. The zero-order valence-electron chi connectivity index (χ0n) is 17.6. The lowest BCUT2D eigenvalue weighted by atomic mass is 10.0. The maximum absolute atomic E-state index is 13.7. The van der Waals surface area contributed by atoms with Crippen LogP contribution in [0.3, 0.4) is 0 Å². The van der Waals surface area contributed by atoms with E-state index in [1.165, 1.54) is 18.2 Å².